The average molecular weight is 159 g/mol. The van der Waals surface area contributed by atoms with Crippen LogP contribution in [0.2, 0.25) is 0 Å². The lowest BCUT2D eigenvalue weighted by Gasteiger charge is -1.96. The minimum atomic E-state index is 0.115. The van der Waals surface area contributed by atoms with Crippen molar-refractivity contribution in [3.8, 4) is 0 Å². The largest absolute Gasteiger partial charge is 0.359 e. The van der Waals surface area contributed by atoms with Crippen LogP contribution < -0.4 is 5.32 Å². The maximum Gasteiger partial charge on any atom is 0.219 e. The fraction of sp³-hybridized carbons (Fsp3) is 0.571. The van der Waals surface area contributed by atoms with Gasteiger partial charge in [-0.2, -0.15) is 0 Å². The Labute approximate surface area is 66.1 Å². The predicted molar refractivity (Wildman–Crippen MR) is 46.0 cm³/mol. The van der Waals surface area contributed by atoms with E-state index in [1.807, 2.05) is 0 Å². The van der Waals surface area contributed by atoms with Gasteiger partial charge in [0.1, 0.15) is 0 Å². The van der Waals surface area contributed by atoms with E-state index < -0.39 is 0 Å². The molecule has 0 aliphatic carbocycles. The minimum Gasteiger partial charge on any atom is -0.359 e. The number of hydrogen-bond donors (Lipinski definition) is 1. The molecule has 0 spiro atoms. The molecule has 10 heavy (non-hydrogen) atoms. The van der Waals surface area contributed by atoms with Gasteiger partial charge in [-0.25, -0.2) is 0 Å². The zero-order chi connectivity index (χ0) is 7.82. The number of thioether (sulfide) groups is 1. The summed E-state index contributed by atoms with van der Waals surface area (Å²) < 4.78 is 0. The van der Waals surface area contributed by atoms with Crippen molar-refractivity contribution in [3.05, 3.63) is 12.0 Å². The van der Waals surface area contributed by atoms with Crippen LogP contribution in [0.3, 0.4) is 0 Å². The van der Waals surface area contributed by atoms with Gasteiger partial charge in [0.2, 0.25) is 5.91 Å². The van der Waals surface area contributed by atoms with Crippen LogP contribution in [0, 0.1) is 0 Å². The molecule has 1 amide bonds. The minimum absolute atomic E-state index is 0.115. The van der Waals surface area contributed by atoms with Gasteiger partial charge in [0.05, 0.1) is 0 Å². The second-order valence-corrected chi connectivity index (χ2v) is 2.89. The van der Waals surface area contributed by atoms with E-state index >= 15 is 0 Å². The highest BCUT2D eigenvalue weighted by Gasteiger charge is 1.94. The first-order valence-corrected chi connectivity index (χ1v) is 4.29. The number of carbonyl (C=O) groups excluding carboxylic acids is 1. The van der Waals surface area contributed by atoms with E-state index in [1.165, 1.54) is 0 Å². The number of amides is 1. The van der Waals surface area contributed by atoms with E-state index in [1.54, 1.807) is 24.2 Å². The lowest BCUT2D eigenvalue weighted by molar-refractivity contribution is -0.120. The van der Waals surface area contributed by atoms with E-state index in [4.69, 9.17) is 0 Å². The molecule has 1 N–H and O–H groups in total. The summed E-state index contributed by atoms with van der Waals surface area (Å²) in [6.45, 7) is 3.56. The van der Waals surface area contributed by atoms with Crippen LogP contribution >= 0.6 is 11.8 Å². The summed E-state index contributed by atoms with van der Waals surface area (Å²) in [4.78, 5) is 10.6. The van der Waals surface area contributed by atoms with Gasteiger partial charge in [-0.3, -0.25) is 4.79 Å². The van der Waals surface area contributed by atoms with Crippen molar-refractivity contribution in [3.63, 3.8) is 0 Å². The van der Waals surface area contributed by atoms with Gasteiger partial charge in [0.15, 0.2) is 0 Å². The van der Waals surface area contributed by atoms with Crippen LogP contribution in [0.15, 0.2) is 12.0 Å². The molecule has 0 saturated heterocycles. The normalized spacial score (nSPS) is 8.90. The van der Waals surface area contributed by atoms with Crippen LogP contribution in [-0.2, 0) is 4.79 Å². The van der Waals surface area contributed by atoms with Crippen molar-refractivity contribution in [1.29, 1.82) is 0 Å². The van der Waals surface area contributed by atoms with Crippen LogP contribution in [0.25, 0.3) is 0 Å². The number of carbonyl (C=O) groups is 1. The van der Waals surface area contributed by atoms with Gasteiger partial charge < -0.3 is 5.32 Å². The van der Waals surface area contributed by atoms with Gasteiger partial charge in [-0.05, 0) is 17.6 Å². The first kappa shape index (κ1) is 9.56. The Morgan fingerprint density at radius 3 is 3.00 bits per heavy atom. The number of hydrogen-bond acceptors (Lipinski definition) is 2. The smallest absolute Gasteiger partial charge is 0.219 e. The van der Waals surface area contributed by atoms with E-state index in [-0.39, 0.29) is 5.91 Å². The Morgan fingerprint density at radius 2 is 2.50 bits per heavy atom. The van der Waals surface area contributed by atoms with Gasteiger partial charge in [0, 0.05) is 13.5 Å². The van der Waals surface area contributed by atoms with Crippen molar-refractivity contribution >= 4 is 17.7 Å². The molecule has 0 aromatic heterocycles. The Balaban J connectivity index is 3.03. The average Bonchev–Trinajstić information content (AvgIpc) is 1.98. The molecule has 0 aromatic carbocycles. The molecule has 0 aromatic rings. The molecule has 0 unspecified atom stereocenters. The van der Waals surface area contributed by atoms with Crippen LogP contribution in [0.1, 0.15) is 12.8 Å². The molecule has 0 aliphatic heterocycles. The van der Waals surface area contributed by atoms with Crippen LogP contribution in [0.4, 0.5) is 0 Å². The summed E-state index contributed by atoms with van der Waals surface area (Å²) in [5.74, 6) is 1.10. The third-order valence-corrected chi connectivity index (χ3v) is 1.82. The van der Waals surface area contributed by atoms with Crippen LogP contribution in [0.5, 0.6) is 0 Å². The summed E-state index contributed by atoms with van der Waals surface area (Å²) in [5, 5.41) is 4.36. The lowest BCUT2D eigenvalue weighted by atomic mass is 10.3. The molecule has 0 radical (unpaired) electrons. The van der Waals surface area contributed by atoms with Crippen molar-refractivity contribution in [2.45, 2.75) is 12.8 Å². The highest BCUT2D eigenvalue weighted by atomic mass is 32.2. The third kappa shape index (κ3) is 5.69. The van der Waals surface area contributed by atoms with Crippen molar-refractivity contribution in [2.24, 2.45) is 0 Å². The summed E-state index contributed by atoms with van der Waals surface area (Å²) in [6.07, 6.45) is 1.55. The molecule has 58 valence electrons. The Bertz CT molecular complexity index is 114. The summed E-state index contributed by atoms with van der Waals surface area (Å²) >= 11 is 1.64. The fourth-order valence-electron chi connectivity index (χ4n) is 0.524. The molecule has 0 aliphatic rings. The highest BCUT2D eigenvalue weighted by molar-refractivity contribution is 8.02. The molecule has 2 nitrogen and oxygen atoms in total. The van der Waals surface area contributed by atoms with E-state index in [9.17, 15) is 4.79 Å². The maximum atomic E-state index is 10.6. The third-order valence-electron chi connectivity index (χ3n) is 1.06. The molecule has 3 heteroatoms. The van der Waals surface area contributed by atoms with Crippen LogP contribution in [-0.4, -0.2) is 18.7 Å². The van der Waals surface area contributed by atoms with E-state index in [0.717, 1.165) is 12.2 Å². The number of rotatable bonds is 5. The number of nitrogens with one attached hydrogen (secondary N) is 1. The van der Waals surface area contributed by atoms with Crippen molar-refractivity contribution in [2.75, 3.05) is 12.8 Å². The maximum absolute atomic E-state index is 10.6. The first-order chi connectivity index (χ1) is 4.81. The molecule has 0 heterocycles. The SMILES string of the molecule is C=CSCCCC(=O)NC. The Morgan fingerprint density at radius 1 is 1.80 bits per heavy atom. The van der Waals surface area contributed by atoms with Gasteiger partial charge in [-0.1, -0.05) is 6.58 Å². The molecule has 0 fully saturated rings. The monoisotopic (exact) mass is 159 g/mol. The standard InChI is InChI=1S/C7H13NOS/c1-3-10-6-4-5-7(9)8-2/h3H,1,4-6H2,2H3,(H,8,9). The fourth-order valence-corrected chi connectivity index (χ4v) is 1.00. The molecular weight excluding hydrogens is 146 g/mol. The molecule has 0 atom stereocenters. The van der Waals surface area contributed by atoms with Crippen molar-refractivity contribution < 1.29 is 4.79 Å². The van der Waals surface area contributed by atoms with Gasteiger partial charge in [0.25, 0.3) is 0 Å². The lowest BCUT2D eigenvalue weighted by Crippen LogP contribution is -2.17. The molecular formula is C7H13NOS. The zero-order valence-corrected chi connectivity index (χ0v) is 7.04. The van der Waals surface area contributed by atoms with E-state index in [2.05, 4.69) is 11.9 Å². The van der Waals surface area contributed by atoms with Gasteiger partial charge >= 0.3 is 0 Å². The summed E-state index contributed by atoms with van der Waals surface area (Å²) in [6, 6.07) is 0. The van der Waals surface area contributed by atoms with Gasteiger partial charge in [-0.15, -0.1) is 11.8 Å². The first-order valence-electron chi connectivity index (χ1n) is 3.24. The molecule has 0 bridgehead atoms. The summed E-state index contributed by atoms with van der Waals surface area (Å²) in [5.41, 5.74) is 0. The Kier molecular flexibility index (Phi) is 6.38. The molecule has 0 rings (SSSR count). The Hall–Kier alpha value is -0.440. The zero-order valence-electron chi connectivity index (χ0n) is 6.22. The second kappa shape index (κ2) is 6.68. The quantitative estimate of drug-likeness (QED) is 0.614. The van der Waals surface area contributed by atoms with E-state index in [0.29, 0.717) is 6.42 Å². The summed E-state index contributed by atoms with van der Waals surface area (Å²) in [7, 11) is 1.66. The van der Waals surface area contributed by atoms with Crippen molar-refractivity contribution in [1.82, 2.24) is 5.32 Å². The topological polar surface area (TPSA) is 29.1 Å². The second-order valence-electron chi connectivity index (χ2n) is 1.81. The predicted octanol–water partition coefficient (Wildman–Crippen LogP) is 1.39. The molecule has 0 saturated carbocycles. The highest BCUT2D eigenvalue weighted by Crippen LogP contribution is 2.03.